The maximum atomic E-state index is 13.1. The largest absolute Gasteiger partial charge is 0.468 e. The summed E-state index contributed by atoms with van der Waals surface area (Å²) < 4.78 is 10.9. The van der Waals surface area contributed by atoms with Gasteiger partial charge in [-0.15, -0.1) is 0 Å². The minimum absolute atomic E-state index is 0.161. The smallest absolute Gasteiger partial charge is 0.319 e. The molecule has 0 saturated heterocycles. The molecule has 0 fully saturated rings. The van der Waals surface area contributed by atoms with Gasteiger partial charge in [-0.05, 0) is 35.7 Å². The van der Waals surface area contributed by atoms with Crippen LogP contribution in [0.4, 0.5) is 0 Å². The number of aryl methyl sites for hydroxylation is 1. The van der Waals surface area contributed by atoms with Crippen LogP contribution >= 0.6 is 0 Å². The number of ether oxygens (including phenoxy) is 1. The summed E-state index contributed by atoms with van der Waals surface area (Å²) in [7, 11) is 1.36. The van der Waals surface area contributed by atoms with Gasteiger partial charge in [-0.25, -0.2) is 0 Å². The summed E-state index contributed by atoms with van der Waals surface area (Å²) in [6.45, 7) is 3.14. The lowest BCUT2D eigenvalue weighted by atomic mass is 9.82. The van der Waals surface area contributed by atoms with Crippen LogP contribution in [0.15, 0.2) is 34.7 Å². The van der Waals surface area contributed by atoms with Crippen molar-refractivity contribution in [2.24, 2.45) is 0 Å². The van der Waals surface area contributed by atoms with Gasteiger partial charge in [0.25, 0.3) is 0 Å². The van der Waals surface area contributed by atoms with Crippen molar-refractivity contribution in [2.45, 2.75) is 19.9 Å². The van der Waals surface area contributed by atoms with Gasteiger partial charge < -0.3 is 9.15 Å². The van der Waals surface area contributed by atoms with Gasteiger partial charge in [0.15, 0.2) is 0 Å². The lowest BCUT2D eigenvalue weighted by Crippen LogP contribution is -2.35. The fraction of sp³-hybridized carbons (Fsp3) is 0.261. The first kappa shape index (κ1) is 17.8. The van der Waals surface area contributed by atoms with Gasteiger partial charge in [-0.2, -0.15) is 0 Å². The van der Waals surface area contributed by atoms with Crippen molar-refractivity contribution in [1.29, 1.82) is 0 Å². The Morgan fingerprint density at radius 1 is 1.10 bits per heavy atom. The lowest BCUT2D eigenvalue weighted by molar-refractivity contribution is -0.142. The normalized spacial score (nSPS) is 15.8. The Morgan fingerprint density at radius 2 is 1.90 bits per heavy atom. The molecule has 0 spiro atoms. The van der Waals surface area contributed by atoms with Gasteiger partial charge in [0.2, 0.25) is 11.6 Å². The molecule has 0 bridgehead atoms. The SMILES string of the molecule is COC(=O)CN1CCc2c(oc3c2C(=O)C(=O)c2c-3ccc3c(C)cccc23)C1. The average Bonchev–Trinajstić information content (AvgIpc) is 3.10. The molecule has 0 atom stereocenters. The number of carbonyl (C=O) groups is 3. The van der Waals surface area contributed by atoms with E-state index in [-0.39, 0.29) is 12.5 Å². The van der Waals surface area contributed by atoms with E-state index in [1.54, 1.807) is 0 Å². The molecule has 0 unspecified atom stereocenters. The number of carbonyl (C=O) groups excluding carboxylic acids is 3. The quantitative estimate of drug-likeness (QED) is 0.494. The maximum Gasteiger partial charge on any atom is 0.319 e. The summed E-state index contributed by atoms with van der Waals surface area (Å²) in [5.74, 6) is -0.193. The van der Waals surface area contributed by atoms with E-state index < -0.39 is 11.6 Å². The highest BCUT2D eigenvalue weighted by molar-refractivity contribution is 6.54. The molecule has 6 nitrogen and oxygen atoms in total. The first-order valence-corrected chi connectivity index (χ1v) is 9.55. The minimum atomic E-state index is -0.507. The molecule has 2 aromatic carbocycles. The van der Waals surface area contributed by atoms with Crippen LogP contribution in [-0.4, -0.2) is 42.6 Å². The van der Waals surface area contributed by atoms with E-state index in [0.29, 0.717) is 47.7 Å². The zero-order valence-electron chi connectivity index (χ0n) is 16.2. The molecule has 6 heteroatoms. The molecule has 2 aliphatic rings. The first-order chi connectivity index (χ1) is 14.0. The van der Waals surface area contributed by atoms with Gasteiger partial charge in [-0.3, -0.25) is 19.3 Å². The van der Waals surface area contributed by atoms with Crippen LogP contribution in [0.25, 0.3) is 22.1 Å². The number of hydrogen-bond acceptors (Lipinski definition) is 6. The third-order valence-electron chi connectivity index (χ3n) is 5.90. The molecule has 29 heavy (non-hydrogen) atoms. The van der Waals surface area contributed by atoms with Crippen LogP contribution < -0.4 is 0 Å². The fourth-order valence-corrected chi connectivity index (χ4v) is 4.44. The van der Waals surface area contributed by atoms with Crippen LogP contribution in [0.5, 0.6) is 0 Å². The van der Waals surface area contributed by atoms with Crippen LogP contribution in [0, 0.1) is 6.92 Å². The molecule has 0 N–H and O–H groups in total. The molecule has 1 aliphatic heterocycles. The number of nitrogens with zero attached hydrogens (tertiary/aromatic N) is 1. The van der Waals surface area contributed by atoms with Crippen LogP contribution in [0.2, 0.25) is 0 Å². The number of fused-ring (bicyclic) bond motifs is 7. The highest BCUT2D eigenvalue weighted by Crippen LogP contribution is 2.43. The number of hydrogen-bond donors (Lipinski definition) is 0. The van der Waals surface area contributed by atoms with Crippen molar-refractivity contribution in [3.05, 3.63) is 58.3 Å². The van der Waals surface area contributed by atoms with E-state index in [1.807, 2.05) is 42.2 Å². The summed E-state index contributed by atoms with van der Waals surface area (Å²) in [6.07, 6.45) is 0.548. The summed E-state index contributed by atoms with van der Waals surface area (Å²) in [5, 5.41) is 1.73. The van der Waals surface area contributed by atoms with E-state index >= 15 is 0 Å². The number of Topliss-reactive ketones (excluding diaryl/α,β-unsaturated/α-hetero) is 2. The van der Waals surface area contributed by atoms with Crippen molar-refractivity contribution in [2.75, 3.05) is 20.2 Å². The van der Waals surface area contributed by atoms with Gasteiger partial charge >= 0.3 is 5.97 Å². The predicted molar refractivity (Wildman–Crippen MR) is 106 cm³/mol. The third kappa shape index (κ3) is 2.56. The second-order valence-corrected chi connectivity index (χ2v) is 7.56. The Hall–Kier alpha value is -3.25. The summed E-state index contributed by atoms with van der Waals surface area (Å²) >= 11 is 0. The number of benzene rings is 2. The number of methoxy groups -OCH3 is 1. The highest BCUT2D eigenvalue weighted by Gasteiger charge is 2.39. The fourth-order valence-electron chi connectivity index (χ4n) is 4.44. The molecular weight excluding hydrogens is 370 g/mol. The molecule has 0 radical (unpaired) electrons. The zero-order chi connectivity index (χ0) is 20.3. The second kappa shape index (κ2) is 6.39. The van der Waals surface area contributed by atoms with E-state index in [4.69, 9.17) is 9.15 Å². The topological polar surface area (TPSA) is 76.8 Å². The maximum absolute atomic E-state index is 13.1. The Morgan fingerprint density at radius 3 is 2.69 bits per heavy atom. The molecule has 1 aromatic heterocycles. The van der Waals surface area contributed by atoms with Crippen molar-refractivity contribution in [3.63, 3.8) is 0 Å². The van der Waals surface area contributed by atoms with E-state index in [0.717, 1.165) is 21.9 Å². The van der Waals surface area contributed by atoms with E-state index in [1.165, 1.54) is 7.11 Å². The van der Waals surface area contributed by atoms with Gasteiger partial charge in [0, 0.05) is 23.2 Å². The molecule has 3 aromatic rings. The number of rotatable bonds is 2. The number of ketones is 2. The number of esters is 1. The molecule has 0 amide bonds. The van der Waals surface area contributed by atoms with Crippen molar-refractivity contribution in [1.82, 2.24) is 4.90 Å². The average molecular weight is 389 g/mol. The highest BCUT2D eigenvalue weighted by atomic mass is 16.5. The molecule has 1 aliphatic carbocycles. The van der Waals surface area contributed by atoms with E-state index in [9.17, 15) is 14.4 Å². The standard InChI is InChI=1S/C23H19NO5/c1-12-4-3-5-14-13(12)6-7-16-19(14)21(26)22(27)20-15-8-9-24(11-18(25)28-2)10-17(15)29-23(16)20/h3-7H,8-11H2,1-2H3. The Kier molecular flexibility index (Phi) is 3.93. The molecule has 5 rings (SSSR count). The van der Waals surface area contributed by atoms with Crippen molar-refractivity contribution in [3.8, 4) is 11.3 Å². The molecular formula is C23H19NO5. The predicted octanol–water partition coefficient (Wildman–Crippen LogP) is 3.32. The molecule has 146 valence electrons. The van der Waals surface area contributed by atoms with Gasteiger partial charge in [-0.1, -0.05) is 24.3 Å². The summed E-state index contributed by atoms with van der Waals surface area (Å²) in [4.78, 5) is 39.6. The van der Waals surface area contributed by atoms with Gasteiger partial charge in [0.05, 0.1) is 25.8 Å². The monoisotopic (exact) mass is 389 g/mol. The van der Waals surface area contributed by atoms with E-state index in [2.05, 4.69) is 0 Å². The van der Waals surface area contributed by atoms with Crippen molar-refractivity contribution < 1.29 is 23.5 Å². The van der Waals surface area contributed by atoms with Crippen LogP contribution in [0.3, 0.4) is 0 Å². The summed E-state index contributed by atoms with van der Waals surface area (Å²) in [6, 6.07) is 9.59. The van der Waals surface area contributed by atoms with Crippen molar-refractivity contribution >= 4 is 28.3 Å². The van der Waals surface area contributed by atoms with Crippen LogP contribution in [0.1, 0.15) is 37.6 Å². The Labute approximate surface area is 167 Å². The molecule has 2 heterocycles. The zero-order valence-corrected chi connectivity index (χ0v) is 16.2. The first-order valence-electron chi connectivity index (χ1n) is 9.55. The summed E-state index contributed by atoms with van der Waals surface area (Å²) in [5.41, 5.74) is 3.31. The molecule has 0 saturated carbocycles. The van der Waals surface area contributed by atoms with Crippen LogP contribution in [-0.2, 0) is 22.5 Å². The van der Waals surface area contributed by atoms with Gasteiger partial charge in [0.1, 0.15) is 11.5 Å². The third-order valence-corrected chi connectivity index (χ3v) is 5.90. The minimum Gasteiger partial charge on any atom is -0.468 e. The lowest BCUT2D eigenvalue weighted by Gasteiger charge is -2.24. The number of furan rings is 1. The Bertz CT molecular complexity index is 1220. The second-order valence-electron chi connectivity index (χ2n) is 7.56. The Balaban J connectivity index is 1.66.